The number of pyridine rings is 1. The Hall–Kier alpha value is -3.67. The molecule has 0 fully saturated rings. The fourth-order valence-electron chi connectivity index (χ4n) is 2.84. The molecule has 0 aliphatic heterocycles. The molecule has 0 radical (unpaired) electrons. The number of hydrogen-bond acceptors (Lipinski definition) is 4. The third-order valence-corrected chi connectivity index (χ3v) is 4.31. The van der Waals surface area contributed by atoms with Gasteiger partial charge < -0.3 is 10.1 Å². The predicted molar refractivity (Wildman–Crippen MR) is 103 cm³/mol. The number of hydrogen-bond donors (Lipinski definition) is 2. The van der Waals surface area contributed by atoms with Crippen LogP contribution in [-0.4, -0.2) is 28.2 Å². The van der Waals surface area contributed by atoms with Gasteiger partial charge in [0.2, 0.25) is 0 Å². The molecular formula is C21H18N4O2. The molecule has 1 amide bonds. The maximum atomic E-state index is 12.4. The molecule has 134 valence electrons. The van der Waals surface area contributed by atoms with Crippen LogP contribution in [0.1, 0.15) is 16.1 Å². The van der Waals surface area contributed by atoms with Crippen molar-refractivity contribution < 1.29 is 9.53 Å². The zero-order chi connectivity index (χ0) is 18.6. The minimum atomic E-state index is -0.213. The average Bonchev–Trinajstić information content (AvgIpc) is 3.22. The number of ether oxygens (including phenoxy) is 1. The lowest BCUT2D eigenvalue weighted by molar-refractivity contribution is 0.0946. The van der Waals surface area contributed by atoms with Crippen molar-refractivity contribution in [3.63, 3.8) is 0 Å². The molecule has 0 saturated carbocycles. The number of benzene rings is 2. The summed E-state index contributed by atoms with van der Waals surface area (Å²) in [5, 5.41) is 11.0. The molecule has 0 aliphatic rings. The van der Waals surface area contributed by atoms with Gasteiger partial charge in [0, 0.05) is 23.7 Å². The first-order valence-electron chi connectivity index (χ1n) is 8.54. The number of H-pyrrole nitrogens is 1. The summed E-state index contributed by atoms with van der Waals surface area (Å²) < 4.78 is 5.15. The first kappa shape index (κ1) is 16.8. The van der Waals surface area contributed by atoms with Gasteiger partial charge in [-0.05, 0) is 48.0 Å². The van der Waals surface area contributed by atoms with Crippen LogP contribution in [-0.2, 0) is 6.54 Å². The van der Waals surface area contributed by atoms with Crippen LogP contribution in [0.25, 0.3) is 22.2 Å². The fourth-order valence-corrected chi connectivity index (χ4v) is 2.84. The number of amides is 1. The van der Waals surface area contributed by atoms with Crippen LogP contribution in [0.2, 0.25) is 0 Å². The molecule has 0 unspecified atom stereocenters. The Balaban J connectivity index is 1.44. The normalized spacial score (nSPS) is 10.7. The highest BCUT2D eigenvalue weighted by atomic mass is 16.5. The summed E-state index contributed by atoms with van der Waals surface area (Å²) in [6.07, 6.45) is 1.78. The summed E-state index contributed by atoms with van der Waals surface area (Å²) in [5.41, 5.74) is 3.90. The van der Waals surface area contributed by atoms with Crippen molar-refractivity contribution in [2.45, 2.75) is 6.54 Å². The lowest BCUT2D eigenvalue weighted by atomic mass is 10.1. The van der Waals surface area contributed by atoms with Gasteiger partial charge in [-0.2, -0.15) is 5.10 Å². The van der Waals surface area contributed by atoms with Crippen molar-refractivity contribution in [1.82, 2.24) is 20.5 Å². The zero-order valence-electron chi connectivity index (χ0n) is 14.8. The molecular weight excluding hydrogens is 340 g/mol. The van der Waals surface area contributed by atoms with E-state index in [0.29, 0.717) is 17.9 Å². The van der Waals surface area contributed by atoms with Crippen molar-refractivity contribution in [2.75, 3.05) is 7.11 Å². The van der Waals surface area contributed by atoms with E-state index in [0.717, 1.165) is 27.8 Å². The molecule has 2 aromatic heterocycles. The molecule has 0 atom stereocenters. The van der Waals surface area contributed by atoms with Gasteiger partial charge in [-0.25, -0.2) is 0 Å². The van der Waals surface area contributed by atoms with Crippen LogP contribution in [0.15, 0.2) is 66.9 Å². The van der Waals surface area contributed by atoms with E-state index >= 15 is 0 Å². The van der Waals surface area contributed by atoms with E-state index in [1.807, 2.05) is 54.6 Å². The Bertz CT molecular complexity index is 1090. The number of aromatic nitrogens is 3. The zero-order valence-corrected chi connectivity index (χ0v) is 14.8. The topological polar surface area (TPSA) is 79.9 Å². The minimum absolute atomic E-state index is 0.213. The van der Waals surface area contributed by atoms with Gasteiger partial charge in [-0.1, -0.05) is 18.2 Å². The van der Waals surface area contributed by atoms with E-state index < -0.39 is 0 Å². The molecule has 4 rings (SSSR count). The number of fused-ring (bicyclic) bond motifs is 1. The second kappa shape index (κ2) is 7.29. The number of carbonyl (C=O) groups is 1. The Morgan fingerprint density at radius 1 is 1.11 bits per heavy atom. The Labute approximate surface area is 156 Å². The van der Waals surface area contributed by atoms with E-state index in [1.165, 1.54) is 0 Å². The van der Waals surface area contributed by atoms with Crippen LogP contribution in [0.3, 0.4) is 0 Å². The van der Waals surface area contributed by atoms with Crippen molar-refractivity contribution in [1.29, 1.82) is 0 Å². The van der Waals surface area contributed by atoms with Crippen LogP contribution < -0.4 is 10.1 Å². The van der Waals surface area contributed by atoms with Crippen LogP contribution in [0, 0.1) is 0 Å². The van der Waals surface area contributed by atoms with E-state index in [4.69, 9.17) is 4.74 Å². The Kier molecular flexibility index (Phi) is 4.53. The lowest BCUT2D eigenvalue weighted by Gasteiger charge is -2.05. The summed E-state index contributed by atoms with van der Waals surface area (Å²) in [6.45, 7) is 0.396. The standard InChI is InChI=1S/C21H18N4O2/c1-27-17-8-6-15(7-9-17)19-11-20(25-24-19)21(26)23-13-14-10-16-4-2-3-5-18(16)22-12-14/h2-12H,13H2,1H3,(H,23,26)(H,24,25). The Morgan fingerprint density at radius 3 is 2.74 bits per heavy atom. The molecule has 0 bridgehead atoms. The molecule has 2 heterocycles. The highest BCUT2D eigenvalue weighted by Crippen LogP contribution is 2.21. The summed E-state index contributed by atoms with van der Waals surface area (Å²) in [5.74, 6) is 0.562. The quantitative estimate of drug-likeness (QED) is 0.572. The van der Waals surface area contributed by atoms with Gasteiger partial charge in [0.25, 0.3) is 5.91 Å². The van der Waals surface area contributed by atoms with Crippen molar-refractivity contribution in [3.05, 3.63) is 78.1 Å². The molecule has 27 heavy (non-hydrogen) atoms. The third-order valence-electron chi connectivity index (χ3n) is 4.31. The van der Waals surface area contributed by atoms with Crippen molar-refractivity contribution in [2.24, 2.45) is 0 Å². The maximum absolute atomic E-state index is 12.4. The van der Waals surface area contributed by atoms with E-state index in [1.54, 1.807) is 19.4 Å². The number of methoxy groups -OCH3 is 1. The molecule has 6 nitrogen and oxygen atoms in total. The largest absolute Gasteiger partial charge is 0.497 e. The smallest absolute Gasteiger partial charge is 0.269 e. The molecule has 6 heteroatoms. The van der Waals surface area contributed by atoms with Gasteiger partial charge in [-0.3, -0.25) is 14.9 Å². The third kappa shape index (κ3) is 3.64. The van der Waals surface area contributed by atoms with Crippen LogP contribution >= 0.6 is 0 Å². The molecule has 2 N–H and O–H groups in total. The van der Waals surface area contributed by atoms with Crippen LogP contribution in [0.4, 0.5) is 0 Å². The second-order valence-electron chi connectivity index (χ2n) is 6.11. The van der Waals surface area contributed by atoms with Gasteiger partial charge in [0.15, 0.2) is 0 Å². The number of carbonyl (C=O) groups excluding carboxylic acids is 1. The van der Waals surface area contributed by atoms with Gasteiger partial charge in [0.1, 0.15) is 11.4 Å². The number of nitrogens with zero attached hydrogens (tertiary/aromatic N) is 2. The summed E-state index contributed by atoms with van der Waals surface area (Å²) in [6, 6.07) is 19.2. The number of nitrogens with one attached hydrogen (secondary N) is 2. The van der Waals surface area contributed by atoms with Gasteiger partial charge in [-0.15, -0.1) is 0 Å². The first-order valence-corrected chi connectivity index (χ1v) is 8.54. The molecule has 0 saturated heterocycles. The van der Waals surface area contributed by atoms with E-state index in [-0.39, 0.29) is 5.91 Å². The van der Waals surface area contributed by atoms with Gasteiger partial charge >= 0.3 is 0 Å². The SMILES string of the molecule is COc1ccc(-c2cc(C(=O)NCc3cnc4ccccc4c3)[nH]n2)cc1. The molecule has 0 aliphatic carbocycles. The molecule has 0 spiro atoms. The van der Waals surface area contributed by atoms with Crippen LogP contribution in [0.5, 0.6) is 5.75 Å². The number of para-hydroxylation sites is 1. The summed E-state index contributed by atoms with van der Waals surface area (Å²) >= 11 is 0. The maximum Gasteiger partial charge on any atom is 0.269 e. The van der Waals surface area contributed by atoms with Gasteiger partial charge in [0.05, 0.1) is 18.3 Å². The predicted octanol–water partition coefficient (Wildman–Crippen LogP) is 3.56. The lowest BCUT2D eigenvalue weighted by Crippen LogP contribution is -2.23. The molecule has 4 aromatic rings. The number of aromatic amines is 1. The van der Waals surface area contributed by atoms with E-state index in [2.05, 4.69) is 20.5 Å². The summed E-state index contributed by atoms with van der Waals surface area (Å²) in [7, 11) is 1.62. The summed E-state index contributed by atoms with van der Waals surface area (Å²) in [4.78, 5) is 16.8. The highest BCUT2D eigenvalue weighted by Gasteiger charge is 2.11. The number of rotatable bonds is 5. The fraction of sp³-hybridized carbons (Fsp3) is 0.0952. The monoisotopic (exact) mass is 358 g/mol. The average molecular weight is 358 g/mol. The Morgan fingerprint density at radius 2 is 1.93 bits per heavy atom. The van der Waals surface area contributed by atoms with Crippen molar-refractivity contribution >= 4 is 16.8 Å². The minimum Gasteiger partial charge on any atom is -0.497 e. The first-order chi connectivity index (χ1) is 13.2. The molecule has 2 aromatic carbocycles. The van der Waals surface area contributed by atoms with E-state index in [9.17, 15) is 4.79 Å². The highest BCUT2D eigenvalue weighted by molar-refractivity contribution is 5.93. The van der Waals surface area contributed by atoms with Crippen molar-refractivity contribution in [3.8, 4) is 17.0 Å². The second-order valence-corrected chi connectivity index (χ2v) is 6.11.